The van der Waals surface area contributed by atoms with Gasteiger partial charge in [0.05, 0.1) is 19.1 Å². The maximum Gasteiger partial charge on any atom is 0.333 e. The summed E-state index contributed by atoms with van der Waals surface area (Å²) >= 11 is 0. The molecule has 0 aliphatic rings. The first-order chi connectivity index (χ1) is 10.6. The van der Waals surface area contributed by atoms with Gasteiger partial charge in [0, 0.05) is 7.05 Å². The van der Waals surface area contributed by atoms with E-state index in [9.17, 15) is 9.59 Å². The first kappa shape index (κ1) is 13.5. The lowest BCUT2D eigenvalue weighted by atomic mass is 10.4. The monoisotopic (exact) mass is 294 g/mol. The van der Waals surface area contributed by atoms with Gasteiger partial charge in [0.25, 0.3) is 5.56 Å². The molecule has 0 saturated carbocycles. The van der Waals surface area contributed by atoms with Crippen molar-refractivity contribution in [3.63, 3.8) is 0 Å². The highest BCUT2D eigenvalue weighted by molar-refractivity contribution is 5.70. The molecule has 3 aromatic heterocycles. The molecule has 8 heteroatoms. The molecule has 0 fully saturated rings. The Hall–Kier alpha value is -3.52. The third-order valence-corrected chi connectivity index (χ3v) is 3.04. The molecule has 2 N–H and O–H groups in total. The van der Waals surface area contributed by atoms with Gasteiger partial charge in [-0.1, -0.05) is 5.92 Å². The minimum atomic E-state index is -0.518. The number of aromatic nitrogens is 6. The molecule has 3 heterocycles. The molecule has 0 bridgehead atoms. The lowest BCUT2D eigenvalue weighted by Crippen LogP contribution is -2.38. The molecule has 0 aromatic carbocycles. The number of aromatic amines is 2. The van der Waals surface area contributed by atoms with Crippen LogP contribution in [0.3, 0.4) is 0 Å². The Bertz CT molecular complexity index is 1060. The first-order valence-electron chi connectivity index (χ1n) is 6.25. The predicted molar refractivity (Wildman–Crippen MR) is 79.0 cm³/mol. The summed E-state index contributed by atoms with van der Waals surface area (Å²) < 4.78 is 2.22. The molecule has 108 valence electrons. The van der Waals surface area contributed by atoms with Crippen LogP contribution in [-0.4, -0.2) is 29.1 Å². The van der Waals surface area contributed by atoms with E-state index in [1.165, 1.54) is 17.9 Å². The van der Waals surface area contributed by atoms with Gasteiger partial charge in [-0.25, -0.2) is 19.3 Å². The Kier molecular flexibility index (Phi) is 3.13. The summed E-state index contributed by atoms with van der Waals surface area (Å²) in [6.45, 7) is -0.102. The molecule has 8 nitrogen and oxygen atoms in total. The van der Waals surface area contributed by atoms with E-state index in [2.05, 4.69) is 37.7 Å². The van der Waals surface area contributed by atoms with Crippen molar-refractivity contribution >= 4 is 11.2 Å². The second-order valence-corrected chi connectivity index (χ2v) is 4.44. The van der Waals surface area contributed by atoms with Crippen molar-refractivity contribution in [2.45, 2.75) is 6.54 Å². The van der Waals surface area contributed by atoms with E-state index in [0.717, 1.165) is 4.57 Å². The molecular weight excluding hydrogens is 284 g/mol. The van der Waals surface area contributed by atoms with Gasteiger partial charge in [-0.3, -0.25) is 9.36 Å². The lowest BCUT2D eigenvalue weighted by Gasteiger charge is -2.03. The Morgan fingerprint density at radius 3 is 2.86 bits per heavy atom. The molecule has 0 aliphatic carbocycles. The van der Waals surface area contributed by atoms with E-state index in [-0.39, 0.29) is 23.5 Å². The van der Waals surface area contributed by atoms with Crippen LogP contribution in [-0.2, 0) is 13.6 Å². The summed E-state index contributed by atoms with van der Waals surface area (Å²) in [6.07, 6.45) is 8.25. The number of nitrogens with zero attached hydrogens (tertiary/aromatic N) is 4. The van der Waals surface area contributed by atoms with E-state index >= 15 is 0 Å². The quantitative estimate of drug-likeness (QED) is 0.572. The highest BCUT2D eigenvalue weighted by atomic mass is 16.2. The number of aryl methyl sites for hydroxylation is 1. The fraction of sp³-hybridized carbons (Fsp3) is 0.143. The molecule has 22 heavy (non-hydrogen) atoms. The third kappa shape index (κ3) is 2.09. The van der Waals surface area contributed by atoms with Gasteiger partial charge in [-0.05, 0) is 11.8 Å². The first-order valence-corrected chi connectivity index (χ1v) is 6.25. The second kappa shape index (κ2) is 5.11. The number of hydrogen-bond donors (Lipinski definition) is 2. The normalized spacial score (nSPS) is 10.2. The Balaban J connectivity index is 2.20. The average molecular weight is 294 g/mol. The van der Waals surface area contributed by atoms with Crippen LogP contribution in [0.4, 0.5) is 0 Å². The van der Waals surface area contributed by atoms with Crippen LogP contribution >= 0.6 is 0 Å². The van der Waals surface area contributed by atoms with E-state index < -0.39 is 11.2 Å². The zero-order valence-corrected chi connectivity index (χ0v) is 11.5. The van der Waals surface area contributed by atoms with Crippen LogP contribution in [0, 0.1) is 24.2 Å². The molecule has 0 amide bonds. The van der Waals surface area contributed by atoms with Crippen LogP contribution < -0.4 is 11.2 Å². The van der Waals surface area contributed by atoms with Crippen molar-refractivity contribution in [1.29, 1.82) is 0 Å². The van der Waals surface area contributed by atoms with Crippen molar-refractivity contribution in [3.8, 4) is 24.2 Å². The summed E-state index contributed by atoms with van der Waals surface area (Å²) in [5.74, 6) is 8.13. The Morgan fingerprint density at radius 1 is 1.36 bits per heavy atom. The smallest absolute Gasteiger partial charge is 0.333 e. The van der Waals surface area contributed by atoms with Crippen molar-refractivity contribution in [2.75, 3.05) is 0 Å². The van der Waals surface area contributed by atoms with Crippen LogP contribution in [0.1, 0.15) is 11.5 Å². The number of terminal acetylenes is 1. The predicted octanol–water partition coefficient (Wildman–Crippen LogP) is -0.821. The van der Waals surface area contributed by atoms with E-state index in [1.807, 2.05) is 0 Å². The number of imidazole rings is 2. The van der Waals surface area contributed by atoms with Gasteiger partial charge >= 0.3 is 5.69 Å². The Labute approximate surface area is 123 Å². The minimum Gasteiger partial charge on any atom is -0.338 e. The summed E-state index contributed by atoms with van der Waals surface area (Å²) in [7, 11) is 1.52. The van der Waals surface area contributed by atoms with Crippen LogP contribution in [0.2, 0.25) is 0 Å². The summed E-state index contributed by atoms with van der Waals surface area (Å²) in [5, 5.41) is 0. The van der Waals surface area contributed by atoms with Crippen molar-refractivity contribution in [1.82, 2.24) is 29.1 Å². The zero-order valence-electron chi connectivity index (χ0n) is 11.5. The minimum absolute atomic E-state index is 0.102. The second-order valence-electron chi connectivity index (χ2n) is 4.44. The van der Waals surface area contributed by atoms with Crippen molar-refractivity contribution < 1.29 is 0 Å². The molecule has 0 aliphatic heterocycles. The van der Waals surface area contributed by atoms with Gasteiger partial charge in [0.1, 0.15) is 5.69 Å². The van der Waals surface area contributed by atoms with Crippen LogP contribution in [0.15, 0.2) is 22.1 Å². The molecule has 0 spiro atoms. The topological polar surface area (TPSA) is 101 Å². The molecule has 3 aromatic rings. The number of hydrogen-bond acceptors (Lipinski definition) is 4. The number of fused-ring (bicyclic) bond motifs is 1. The van der Waals surface area contributed by atoms with Crippen molar-refractivity contribution in [2.24, 2.45) is 7.05 Å². The number of H-pyrrole nitrogens is 2. The number of rotatable bonds is 1. The van der Waals surface area contributed by atoms with Gasteiger partial charge < -0.3 is 9.97 Å². The summed E-state index contributed by atoms with van der Waals surface area (Å²) in [6, 6.07) is 0. The molecule has 0 unspecified atom stereocenters. The lowest BCUT2D eigenvalue weighted by molar-refractivity contribution is 0.676. The molecular formula is C14H10N6O2. The standard InChI is InChI=1S/C14H10N6O2/c1-3-6-20-13(21)11-12(19(2)14(20)22)18-10(17-11)5-4-9-7-15-8-16-9/h1,7-8H,6H2,2H3,(H,15,16)(H,17,18). The number of nitrogens with one attached hydrogen (secondary N) is 2. The summed E-state index contributed by atoms with van der Waals surface area (Å²) in [5.41, 5.74) is -0.00398. The van der Waals surface area contributed by atoms with Crippen LogP contribution in [0.25, 0.3) is 11.2 Å². The third-order valence-electron chi connectivity index (χ3n) is 3.04. The highest BCUT2D eigenvalue weighted by Gasteiger charge is 2.14. The van der Waals surface area contributed by atoms with Crippen molar-refractivity contribution in [3.05, 3.63) is 44.9 Å². The van der Waals surface area contributed by atoms with Gasteiger partial charge in [0.15, 0.2) is 17.0 Å². The summed E-state index contributed by atoms with van der Waals surface area (Å²) in [4.78, 5) is 38.0. The molecule has 3 rings (SSSR count). The van der Waals surface area contributed by atoms with Gasteiger partial charge in [-0.15, -0.1) is 6.42 Å². The maximum absolute atomic E-state index is 12.3. The fourth-order valence-corrected chi connectivity index (χ4v) is 1.99. The molecule has 0 saturated heterocycles. The van der Waals surface area contributed by atoms with Gasteiger partial charge in [-0.2, -0.15) is 0 Å². The Morgan fingerprint density at radius 2 is 2.18 bits per heavy atom. The largest absolute Gasteiger partial charge is 0.338 e. The maximum atomic E-state index is 12.3. The van der Waals surface area contributed by atoms with Gasteiger partial charge in [0.2, 0.25) is 0 Å². The molecule has 0 atom stereocenters. The molecule has 0 radical (unpaired) electrons. The van der Waals surface area contributed by atoms with Crippen LogP contribution in [0.5, 0.6) is 0 Å². The fourth-order valence-electron chi connectivity index (χ4n) is 1.99. The zero-order chi connectivity index (χ0) is 15.7. The highest BCUT2D eigenvalue weighted by Crippen LogP contribution is 2.03. The average Bonchev–Trinajstić information content (AvgIpc) is 3.16. The van der Waals surface area contributed by atoms with E-state index in [0.29, 0.717) is 5.69 Å². The SMILES string of the molecule is C#CCn1c(=O)c2[nH]c(C#Cc3cnc[nH]3)nc2n(C)c1=O. The van der Waals surface area contributed by atoms with E-state index in [1.54, 1.807) is 6.20 Å². The van der Waals surface area contributed by atoms with E-state index in [4.69, 9.17) is 6.42 Å².